The monoisotopic (exact) mass is 281 g/mol. The van der Waals surface area contributed by atoms with E-state index >= 15 is 0 Å². The third-order valence-corrected chi connectivity index (χ3v) is 4.78. The minimum Gasteiger partial charge on any atom is -0.481 e. The zero-order valence-corrected chi connectivity index (χ0v) is 11.9. The quantitative estimate of drug-likeness (QED) is 0.902. The minimum absolute atomic E-state index is 0.0996. The van der Waals surface area contributed by atoms with Crippen molar-refractivity contribution in [1.29, 1.82) is 0 Å². The molecule has 104 valence electrons. The van der Waals surface area contributed by atoms with Crippen LogP contribution in [0, 0.1) is 5.92 Å². The van der Waals surface area contributed by atoms with Crippen LogP contribution in [0.25, 0.3) is 0 Å². The van der Waals surface area contributed by atoms with Crippen molar-refractivity contribution in [1.82, 2.24) is 4.90 Å². The minimum atomic E-state index is -0.754. The molecule has 1 aliphatic rings. The number of carbonyl (C=O) groups excluding carboxylic acids is 1. The lowest BCUT2D eigenvalue weighted by Crippen LogP contribution is -2.28. The van der Waals surface area contributed by atoms with E-state index in [1.54, 1.807) is 11.3 Å². The van der Waals surface area contributed by atoms with E-state index < -0.39 is 5.97 Å². The van der Waals surface area contributed by atoms with Crippen molar-refractivity contribution in [2.75, 3.05) is 13.1 Å². The van der Waals surface area contributed by atoms with Crippen LogP contribution in [0.15, 0.2) is 12.1 Å². The van der Waals surface area contributed by atoms with Crippen molar-refractivity contribution >= 4 is 23.2 Å². The zero-order valence-electron chi connectivity index (χ0n) is 11.1. The molecule has 0 aliphatic carbocycles. The van der Waals surface area contributed by atoms with Gasteiger partial charge in [0.05, 0.1) is 4.88 Å². The third-order valence-electron chi connectivity index (χ3n) is 3.56. The standard InChI is InChI=1S/C14H19NO3S/c1-2-11-4-5-12(19-11)14(18)15-8-7-10(9-15)3-6-13(16)17/h4-5,10H,2-3,6-9H2,1H3,(H,16,17). The average Bonchev–Trinajstić information content (AvgIpc) is 3.04. The van der Waals surface area contributed by atoms with Crippen LogP contribution < -0.4 is 0 Å². The number of likely N-dealkylation sites (tertiary alicyclic amines) is 1. The van der Waals surface area contributed by atoms with Gasteiger partial charge in [-0.05, 0) is 37.3 Å². The fourth-order valence-corrected chi connectivity index (χ4v) is 3.33. The van der Waals surface area contributed by atoms with E-state index in [1.165, 1.54) is 4.88 Å². The van der Waals surface area contributed by atoms with E-state index in [9.17, 15) is 9.59 Å². The summed E-state index contributed by atoms with van der Waals surface area (Å²) in [5, 5.41) is 8.68. The SMILES string of the molecule is CCc1ccc(C(=O)N2CCC(CCC(=O)O)C2)s1. The Kier molecular flexibility index (Phi) is 4.58. The number of thiophene rings is 1. The molecule has 0 aromatic carbocycles. The Hall–Kier alpha value is -1.36. The lowest BCUT2D eigenvalue weighted by molar-refractivity contribution is -0.137. The highest BCUT2D eigenvalue weighted by molar-refractivity contribution is 7.14. The predicted octanol–water partition coefficient (Wildman–Crippen LogP) is 2.64. The topological polar surface area (TPSA) is 57.6 Å². The van der Waals surface area contributed by atoms with Crippen molar-refractivity contribution in [3.8, 4) is 0 Å². The Balaban J connectivity index is 1.89. The number of hydrogen-bond donors (Lipinski definition) is 1. The van der Waals surface area contributed by atoms with E-state index in [4.69, 9.17) is 5.11 Å². The number of rotatable bonds is 5. The summed E-state index contributed by atoms with van der Waals surface area (Å²) in [5.41, 5.74) is 0. The highest BCUT2D eigenvalue weighted by Gasteiger charge is 2.27. The summed E-state index contributed by atoms with van der Waals surface area (Å²) in [6, 6.07) is 3.91. The van der Waals surface area contributed by atoms with Gasteiger partial charge in [-0.3, -0.25) is 9.59 Å². The molecule has 19 heavy (non-hydrogen) atoms. The van der Waals surface area contributed by atoms with Crippen LogP contribution in [-0.2, 0) is 11.2 Å². The molecule has 1 amide bonds. The molecule has 0 bridgehead atoms. The molecule has 1 saturated heterocycles. The summed E-state index contributed by atoms with van der Waals surface area (Å²) in [5.74, 6) is -0.316. The van der Waals surface area contributed by atoms with Crippen LogP contribution in [-0.4, -0.2) is 35.0 Å². The fraction of sp³-hybridized carbons (Fsp3) is 0.571. The van der Waals surface area contributed by atoms with Crippen molar-refractivity contribution in [3.63, 3.8) is 0 Å². The third kappa shape index (κ3) is 3.56. The first kappa shape index (κ1) is 14.1. The number of aryl methyl sites for hydroxylation is 1. The van der Waals surface area contributed by atoms with Crippen LogP contribution in [0.1, 0.15) is 40.7 Å². The second-order valence-corrected chi connectivity index (χ2v) is 6.13. The first-order valence-electron chi connectivity index (χ1n) is 6.70. The smallest absolute Gasteiger partial charge is 0.303 e. The van der Waals surface area contributed by atoms with E-state index in [0.29, 0.717) is 18.9 Å². The molecule has 4 nitrogen and oxygen atoms in total. The van der Waals surface area contributed by atoms with Crippen molar-refractivity contribution < 1.29 is 14.7 Å². The summed E-state index contributed by atoms with van der Waals surface area (Å²) in [7, 11) is 0. The number of hydrogen-bond acceptors (Lipinski definition) is 3. The molecule has 1 aromatic heterocycles. The number of amides is 1. The van der Waals surface area contributed by atoms with Crippen LogP contribution in [0.4, 0.5) is 0 Å². The van der Waals surface area contributed by atoms with Gasteiger partial charge >= 0.3 is 5.97 Å². The molecule has 1 unspecified atom stereocenters. The van der Waals surface area contributed by atoms with Crippen LogP contribution >= 0.6 is 11.3 Å². The number of nitrogens with zero attached hydrogens (tertiary/aromatic N) is 1. The molecule has 1 N–H and O–H groups in total. The van der Waals surface area contributed by atoms with Gasteiger partial charge in [0.1, 0.15) is 0 Å². The maximum atomic E-state index is 12.3. The summed E-state index contributed by atoms with van der Waals surface area (Å²) in [6.07, 6.45) is 2.75. The molecule has 2 heterocycles. The van der Waals surface area contributed by atoms with Gasteiger partial charge in [-0.15, -0.1) is 11.3 Å². The Morgan fingerprint density at radius 1 is 1.47 bits per heavy atom. The van der Waals surface area contributed by atoms with E-state index in [0.717, 1.165) is 24.3 Å². The van der Waals surface area contributed by atoms with Crippen molar-refractivity contribution in [2.45, 2.75) is 32.6 Å². The number of carboxylic acid groups (broad SMARTS) is 1. The largest absolute Gasteiger partial charge is 0.481 e. The normalized spacial score (nSPS) is 18.8. The predicted molar refractivity (Wildman–Crippen MR) is 74.6 cm³/mol. The zero-order chi connectivity index (χ0) is 13.8. The van der Waals surface area contributed by atoms with Gasteiger partial charge in [0, 0.05) is 24.4 Å². The molecule has 1 fully saturated rings. The Morgan fingerprint density at radius 3 is 2.89 bits per heavy atom. The Bertz CT molecular complexity index is 469. The molecule has 5 heteroatoms. The van der Waals surface area contributed by atoms with Gasteiger partial charge in [-0.1, -0.05) is 6.92 Å². The Labute approximate surface area is 117 Å². The molecule has 1 atom stereocenters. The first-order chi connectivity index (χ1) is 9.10. The molecular formula is C14H19NO3S. The molecule has 0 spiro atoms. The van der Waals surface area contributed by atoms with Crippen LogP contribution in [0.2, 0.25) is 0 Å². The maximum Gasteiger partial charge on any atom is 0.303 e. The van der Waals surface area contributed by atoms with Gasteiger partial charge in [0.15, 0.2) is 0 Å². The molecular weight excluding hydrogens is 262 g/mol. The van der Waals surface area contributed by atoms with Gasteiger partial charge in [-0.25, -0.2) is 0 Å². The van der Waals surface area contributed by atoms with E-state index in [2.05, 4.69) is 6.92 Å². The molecule has 2 rings (SSSR count). The van der Waals surface area contributed by atoms with Gasteiger partial charge in [0.25, 0.3) is 5.91 Å². The average molecular weight is 281 g/mol. The number of aliphatic carboxylic acids is 1. The lowest BCUT2D eigenvalue weighted by Gasteiger charge is -2.15. The summed E-state index contributed by atoms with van der Waals surface area (Å²) in [4.78, 5) is 26.7. The van der Waals surface area contributed by atoms with Gasteiger partial charge in [0.2, 0.25) is 0 Å². The van der Waals surface area contributed by atoms with Crippen molar-refractivity contribution in [3.05, 3.63) is 21.9 Å². The molecule has 1 aromatic rings. The van der Waals surface area contributed by atoms with Gasteiger partial charge in [-0.2, -0.15) is 0 Å². The number of carbonyl (C=O) groups is 2. The van der Waals surface area contributed by atoms with Gasteiger partial charge < -0.3 is 10.0 Å². The number of carboxylic acids is 1. The summed E-state index contributed by atoms with van der Waals surface area (Å²) >= 11 is 1.56. The second-order valence-electron chi connectivity index (χ2n) is 4.96. The molecule has 0 radical (unpaired) electrons. The molecule has 0 saturated carbocycles. The second kappa shape index (κ2) is 6.19. The first-order valence-corrected chi connectivity index (χ1v) is 7.51. The Morgan fingerprint density at radius 2 is 2.26 bits per heavy atom. The fourth-order valence-electron chi connectivity index (χ4n) is 2.42. The van der Waals surface area contributed by atoms with E-state index in [1.807, 2.05) is 17.0 Å². The van der Waals surface area contributed by atoms with Crippen molar-refractivity contribution in [2.24, 2.45) is 5.92 Å². The highest BCUT2D eigenvalue weighted by atomic mass is 32.1. The van der Waals surface area contributed by atoms with E-state index in [-0.39, 0.29) is 12.3 Å². The molecule has 1 aliphatic heterocycles. The highest BCUT2D eigenvalue weighted by Crippen LogP contribution is 2.25. The lowest BCUT2D eigenvalue weighted by atomic mass is 10.0. The maximum absolute atomic E-state index is 12.3. The summed E-state index contributed by atoms with van der Waals surface area (Å²) < 4.78 is 0. The summed E-state index contributed by atoms with van der Waals surface area (Å²) in [6.45, 7) is 3.53. The van der Waals surface area contributed by atoms with Crippen LogP contribution in [0.5, 0.6) is 0 Å². The van der Waals surface area contributed by atoms with Crippen LogP contribution in [0.3, 0.4) is 0 Å².